The predicted octanol–water partition coefficient (Wildman–Crippen LogP) is 5.55. The molecule has 1 aromatic heterocycles. The molecular formula is C20H14ClNO3. The summed E-state index contributed by atoms with van der Waals surface area (Å²) in [5.74, 6) is 2.19. The van der Waals surface area contributed by atoms with Gasteiger partial charge in [0.25, 0.3) is 0 Å². The summed E-state index contributed by atoms with van der Waals surface area (Å²) in [6.45, 7) is 0. The van der Waals surface area contributed by atoms with Gasteiger partial charge in [-0.05, 0) is 47.9 Å². The molecule has 3 aromatic carbocycles. The zero-order chi connectivity index (χ0) is 17.4. The van der Waals surface area contributed by atoms with E-state index in [9.17, 15) is 5.11 Å². The van der Waals surface area contributed by atoms with Crippen LogP contribution in [-0.2, 0) is 0 Å². The SMILES string of the molecule is COc1ccc2c(Oc3ccc4c(O)c(Cl)ccc4c3)ccnc2c1. The highest BCUT2D eigenvalue weighted by molar-refractivity contribution is 6.33. The number of phenolic OH excluding ortho intramolecular Hbond substituents is 1. The molecule has 0 bridgehead atoms. The molecule has 5 heteroatoms. The van der Waals surface area contributed by atoms with E-state index >= 15 is 0 Å². The van der Waals surface area contributed by atoms with Crippen molar-refractivity contribution in [3.05, 3.63) is 65.8 Å². The molecule has 4 nitrogen and oxygen atoms in total. The van der Waals surface area contributed by atoms with E-state index in [0.717, 1.165) is 22.0 Å². The van der Waals surface area contributed by atoms with E-state index in [0.29, 0.717) is 21.9 Å². The van der Waals surface area contributed by atoms with Gasteiger partial charge in [-0.3, -0.25) is 4.98 Å². The Morgan fingerprint density at radius 1 is 0.920 bits per heavy atom. The molecule has 1 N–H and O–H groups in total. The Morgan fingerprint density at radius 2 is 1.72 bits per heavy atom. The number of phenols is 1. The Balaban J connectivity index is 1.76. The number of rotatable bonds is 3. The first kappa shape index (κ1) is 15.5. The van der Waals surface area contributed by atoms with Crippen molar-refractivity contribution in [1.82, 2.24) is 4.98 Å². The maximum Gasteiger partial charge on any atom is 0.141 e. The molecule has 4 aromatic rings. The molecule has 25 heavy (non-hydrogen) atoms. The summed E-state index contributed by atoms with van der Waals surface area (Å²) < 4.78 is 11.3. The summed E-state index contributed by atoms with van der Waals surface area (Å²) in [5, 5.41) is 12.8. The van der Waals surface area contributed by atoms with Crippen LogP contribution in [0.2, 0.25) is 5.02 Å². The van der Waals surface area contributed by atoms with Gasteiger partial charge in [0.2, 0.25) is 0 Å². The molecule has 4 rings (SSSR count). The third kappa shape index (κ3) is 2.81. The lowest BCUT2D eigenvalue weighted by atomic mass is 10.1. The molecule has 0 amide bonds. The van der Waals surface area contributed by atoms with E-state index in [1.807, 2.05) is 36.4 Å². The van der Waals surface area contributed by atoms with Gasteiger partial charge in [0.05, 0.1) is 17.6 Å². The molecule has 1 heterocycles. The van der Waals surface area contributed by atoms with E-state index in [-0.39, 0.29) is 5.75 Å². The second-order valence-corrected chi connectivity index (χ2v) is 5.98. The topological polar surface area (TPSA) is 51.6 Å². The van der Waals surface area contributed by atoms with Crippen LogP contribution in [0.5, 0.6) is 23.0 Å². The van der Waals surface area contributed by atoms with Crippen LogP contribution in [0.3, 0.4) is 0 Å². The molecule has 124 valence electrons. The second-order valence-electron chi connectivity index (χ2n) is 5.57. The van der Waals surface area contributed by atoms with Gasteiger partial charge in [0.1, 0.15) is 23.0 Å². The second kappa shape index (κ2) is 6.15. The van der Waals surface area contributed by atoms with E-state index < -0.39 is 0 Å². The minimum Gasteiger partial charge on any atom is -0.506 e. The first-order valence-corrected chi connectivity index (χ1v) is 8.05. The Hall–Kier alpha value is -2.98. The van der Waals surface area contributed by atoms with Crippen molar-refractivity contribution in [3.8, 4) is 23.0 Å². The van der Waals surface area contributed by atoms with Gasteiger partial charge < -0.3 is 14.6 Å². The maximum absolute atomic E-state index is 10.0. The number of hydrogen-bond acceptors (Lipinski definition) is 4. The smallest absolute Gasteiger partial charge is 0.141 e. The highest BCUT2D eigenvalue weighted by Crippen LogP contribution is 2.36. The quantitative estimate of drug-likeness (QED) is 0.526. The number of pyridine rings is 1. The average Bonchev–Trinajstić information content (AvgIpc) is 2.64. The van der Waals surface area contributed by atoms with Crippen LogP contribution in [0.15, 0.2) is 60.8 Å². The van der Waals surface area contributed by atoms with Crippen molar-refractivity contribution in [1.29, 1.82) is 0 Å². The Labute approximate surface area is 149 Å². The van der Waals surface area contributed by atoms with Crippen molar-refractivity contribution in [2.45, 2.75) is 0 Å². The van der Waals surface area contributed by atoms with Crippen LogP contribution in [0.4, 0.5) is 0 Å². The lowest BCUT2D eigenvalue weighted by Crippen LogP contribution is -1.89. The standard InChI is InChI=1S/C20H14ClNO3/c1-24-13-3-6-16-18(11-13)22-9-8-19(16)25-14-4-5-15-12(10-14)2-7-17(21)20(15)23/h2-11,23H,1H3. The number of hydrogen-bond donors (Lipinski definition) is 1. The third-order valence-electron chi connectivity index (χ3n) is 4.05. The number of nitrogens with zero attached hydrogens (tertiary/aromatic N) is 1. The van der Waals surface area contributed by atoms with Crippen molar-refractivity contribution < 1.29 is 14.6 Å². The molecule has 0 saturated carbocycles. The number of fused-ring (bicyclic) bond motifs is 2. The molecule has 0 atom stereocenters. The first-order valence-electron chi connectivity index (χ1n) is 7.67. The summed E-state index contributed by atoms with van der Waals surface area (Å²) in [5.41, 5.74) is 0.794. The fourth-order valence-electron chi connectivity index (χ4n) is 2.77. The molecule has 0 fully saturated rings. The van der Waals surface area contributed by atoms with E-state index in [1.165, 1.54) is 0 Å². The van der Waals surface area contributed by atoms with E-state index in [2.05, 4.69) is 4.98 Å². The van der Waals surface area contributed by atoms with Crippen molar-refractivity contribution in [2.24, 2.45) is 0 Å². The van der Waals surface area contributed by atoms with Crippen molar-refractivity contribution >= 4 is 33.3 Å². The molecule has 0 aliphatic carbocycles. The number of methoxy groups -OCH3 is 1. The number of aromatic hydroxyl groups is 1. The number of ether oxygens (including phenoxy) is 2. The van der Waals surface area contributed by atoms with Crippen LogP contribution >= 0.6 is 11.6 Å². The monoisotopic (exact) mass is 351 g/mol. The Bertz CT molecular complexity index is 1090. The molecule has 0 unspecified atom stereocenters. The number of benzene rings is 3. The average molecular weight is 352 g/mol. The van der Waals surface area contributed by atoms with Crippen LogP contribution in [-0.4, -0.2) is 17.2 Å². The van der Waals surface area contributed by atoms with Crippen LogP contribution in [0.25, 0.3) is 21.7 Å². The third-order valence-corrected chi connectivity index (χ3v) is 4.36. The normalized spacial score (nSPS) is 11.0. The van der Waals surface area contributed by atoms with Gasteiger partial charge in [-0.1, -0.05) is 17.7 Å². The van der Waals surface area contributed by atoms with Gasteiger partial charge in [-0.15, -0.1) is 0 Å². The van der Waals surface area contributed by atoms with Crippen LogP contribution < -0.4 is 9.47 Å². The molecule has 0 saturated heterocycles. The molecule has 0 aliphatic rings. The first-order chi connectivity index (χ1) is 12.2. The highest BCUT2D eigenvalue weighted by atomic mass is 35.5. The Morgan fingerprint density at radius 3 is 2.56 bits per heavy atom. The van der Waals surface area contributed by atoms with Gasteiger partial charge in [-0.25, -0.2) is 0 Å². The van der Waals surface area contributed by atoms with Gasteiger partial charge in [0, 0.05) is 23.0 Å². The van der Waals surface area contributed by atoms with E-state index in [4.69, 9.17) is 21.1 Å². The van der Waals surface area contributed by atoms with Gasteiger partial charge in [0.15, 0.2) is 0 Å². The fourth-order valence-corrected chi connectivity index (χ4v) is 2.94. The minimum absolute atomic E-state index is 0.0761. The Kier molecular flexibility index (Phi) is 3.82. The summed E-state index contributed by atoms with van der Waals surface area (Å²) in [4.78, 5) is 4.36. The van der Waals surface area contributed by atoms with Crippen molar-refractivity contribution in [2.75, 3.05) is 7.11 Å². The number of halogens is 1. The van der Waals surface area contributed by atoms with Gasteiger partial charge in [-0.2, -0.15) is 0 Å². The molecule has 0 radical (unpaired) electrons. The maximum atomic E-state index is 10.0. The largest absolute Gasteiger partial charge is 0.506 e. The number of aromatic nitrogens is 1. The minimum atomic E-state index is 0.0761. The summed E-state index contributed by atoms with van der Waals surface area (Å²) in [7, 11) is 1.62. The molecule has 0 spiro atoms. The van der Waals surface area contributed by atoms with Crippen molar-refractivity contribution in [3.63, 3.8) is 0 Å². The van der Waals surface area contributed by atoms with Crippen LogP contribution in [0, 0.1) is 0 Å². The zero-order valence-corrected chi connectivity index (χ0v) is 14.1. The zero-order valence-electron chi connectivity index (χ0n) is 13.4. The molecule has 0 aliphatic heterocycles. The fraction of sp³-hybridized carbons (Fsp3) is 0.0500. The summed E-state index contributed by atoms with van der Waals surface area (Å²) in [6.07, 6.45) is 1.70. The highest BCUT2D eigenvalue weighted by Gasteiger charge is 2.09. The molecular weight excluding hydrogens is 338 g/mol. The van der Waals surface area contributed by atoms with Gasteiger partial charge >= 0.3 is 0 Å². The summed E-state index contributed by atoms with van der Waals surface area (Å²) in [6, 6.07) is 16.4. The van der Waals surface area contributed by atoms with Crippen LogP contribution in [0.1, 0.15) is 0 Å². The van der Waals surface area contributed by atoms with E-state index in [1.54, 1.807) is 31.5 Å². The predicted molar refractivity (Wildman–Crippen MR) is 99.0 cm³/mol. The lowest BCUT2D eigenvalue weighted by molar-refractivity contribution is 0.415. The lowest BCUT2D eigenvalue weighted by Gasteiger charge is -2.11. The summed E-state index contributed by atoms with van der Waals surface area (Å²) >= 11 is 5.95.